The Morgan fingerprint density at radius 3 is 2.10 bits per heavy atom. The highest BCUT2D eigenvalue weighted by Gasteiger charge is 2.19. The number of rotatable bonds is 4. The largest absolute Gasteiger partial charge is 0.307 e. The lowest BCUT2D eigenvalue weighted by Crippen LogP contribution is -2.24. The summed E-state index contributed by atoms with van der Waals surface area (Å²) in [6.07, 6.45) is 0. The van der Waals surface area contributed by atoms with E-state index < -0.39 is 0 Å². The second-order valence-corrected chi connectivity index (χ2v) is 6.06. The first-order valence-electron chi connectivity index (χ1n) is 6.88. The lowest BCUT2D eigenvalue weighted by atomic mass is 9.91. The average Bonchev–Trinajstić information content (AvgIpc) is 2.35. The van der Waals surface area contributed by atoms with E-state index in [2.05, 4.69) is 21.2 Å². The van der Waals surface area contributed by atoms with Crippen molar-refractivity contribution in [1.82, 2.24) is 5.32 Å². The number of halogens is 3. The number of hydrogen-bond acceptors (Lipinski definition) is 1. The molecule has 1 unspecified atom stereocenters. The highest BCUT2D eigenvalue weighted by molar-refractivity contribution is 9.10. The monoisotopic (exact) mass is 353 g/mol. The highest BCUT2D eigenvalue weighted by Crippen LogP contribution is 2.30. The van der Waals surface area contributed by atoms with Gasteiger partial charge in [-0.25, -0.2) is 8.78 Å². The molecule has 0 fully saturated rings. The Morgan fingerprint density at radius 1 is 1.00 bits per heavy atom. The molecule has 0 aromatic heterocycles. The lowest BCUT2D eigenvalue weighted by Gasteiger charge is -2.23. The zero-order chi connectivity index (χ0) is 15.6. The lowest BCUT2D eigenvalue weighted by molar-refractivity contribution is 0.593. The van der Waals surface area contributed by atoms with Crippen LogP contribution in [0.25, 0.3) is 0 Å². The summed E-state index contributed by atoms with van der Waals surface area (Å²) in [4.78, 5) is 0. The fourth-order valence-corrected chi connectivity index (χ4v) is 3.19. The van der Waals surface area contributed by atoms with Crippen LogP contribution in [-0.2, 0) is 0 Å². The molecule has 4 heteroatoms. The summed E-state index contributed by atoms with van der Waals surface area (Å²) in [5.74, 6) is -0.538. The van der Waals surface area contributed by atoms with Crippen LogP contribution in [-0.4, -0.2) is 6.54 Å². The standard InChI is InChI=1S/C17H18BrF2N/c1-4-21-17(12-7-13(18)9-15(20)8-12)16-10(2)5-14(19)6-11(16)3/h5-9,17,21H,4H2,1-3H3. The van der Waals surface area contributed by atoms with Crippen molar-refractivity contribution in [3.05, 3.63) is 68.7 Å². The van der Waals surface area contributed by atoms with Crippen molar-refractivity contribution in [2.24, 2.45) is 0 Å². The van der Waals surface area contributed by atoms with Crippen LogP contribution in [0.3, 0.4) is 0 Å². The molecular formula is C17H18BrF2N. The molecule has 21 heavy (non-hydrogen) atoms. The summed E-state index contributed by atoms with van der Waals surface area (Å²) >= 11 is 3.33. The Hall–Kier alpha value is -1.26. The molecule has 0 saturated carbocycles. The van der Waals surface area contributed by atoms with Gasteiger partial charge in [0.15, 0.2) is 0 Å². The molecule has 0 aliphatic carbocycles. The van der Waals surface area contributed by atoms with Gasteiger partial charge in [-0.2, -0.15) is 0 Å². The van der Waals surface area contributed by atoms with E-state index in [4.69, 9.17) is 0 Å². The zero-order valence-electron chi connectivity index (χ0n) is 12.3. The quantitative estimate of drug-likeness (QED) is 0.811. The van der Waals surface area contributed by atoms with Crippen molar-refractivity contribution in [2.45, 2.75) is 26.8 Å². The summed E-state index contributed by atoms with van der Waals surface area (Å²) in [5, 5.41) is 3.36. The fraction of sp³-hybridized carbons (Fsp3) is 0.294. The average molecular weight is 354 g/mol. The van der Waals surface area contributed by atoms with E-state index in [-0.39, 0.29) is 17.7 Å². The maximum atomic E-state index is 13.7. The third-order valence-electron chi connectivity index (χ3n) is 3.47. The molecule has 2 aromatic carbocycles. The molecule has 0 heterocycles. The minimum atomic E-state index is -0.292. The molecule has 2 rings (SSSR count). The van der Waals surface area contributed by atoms with Gasteiger partial charge < -0.3 is 5.32 Å². The van der Waals surface area contributed by atoms with E-state index in [1.54, 1.807) is 0 Å². The maximum Gasteiger partial charge on any atom is 0.124 e. The van der Waals surface area contributed by atoms with Crippen molar-refractivity contribution in [3.63, 3.8) is 0 Å². The van der Waals surface area contributed by atoms with Gasteiger partial charge in [0.05, 0.1) is 6.04 Å². The van der Waals surface area contributed by atoms with Crippen molar-refractivity contribution >= 4 is 15.9 Å². The maximum absolute atomic E-state index is 13.7. The van der Waals surface area contributed by atoms with E-state index in [0.717, 1.165) is 28.8 Å². The van der Waals surface area contributed by atoms with Gasteiger partial charge in [-0.15, -0.1) is 0 Å². The highest BCUT2D eigenvalue weighted by atomic mass is 79.9. The topological polar surface area (TPSA) is 12.0 Å². The van der Waals surface area contributed by atoms with Crippen LogP contribution in [0.5, 0.6) is 0 Å². The van der Waals surface area contributed by atoms with Crippen LogP contribution in [0, 0.1) is 25.5 Å². The summed E-state index contributed by atoms with van der Waals surface area (Å²) < 4.78 is 27.9. The van der Waals surface area contributed by atoms with Gasteiger partial charge in [0.1, 0.15) is 11.6 Å². The predicted octanol–water partition coefficient (Wildman–Crippen LogP) is 5.04. The molecule has 0 radical (unpaired) electrons. The second kappa shape index (κ2) is 6.67. The molecule has 1 N–H and O–H groups in total. The van der Waals surface area contributed by atoms with Crippen molar-refractivity contribution in [2.75, 3.05) is 6.54 Å². The minimum absolute atomic E-state index is 0.164. The number of nitrogens with one attached hydrogen (secondary N) is 1. The van der Waals surface area contributed by atoms with Crippen molar-refractivity contribution in [3.8, 4) is 0 Å². The van der Waals surface area contributed by atoms with Crippen molar-refractivity contribution < 1.29 is 8.78 Å². The van der Waals surface area contributed by atoms with Crippen LogP contribution >= 0.6 is 15.9 Å². The minimum Gasteiger partial charge on any atom is -0.307 e. The number of hydrogen-bond donors (Lipinski definition) is 1. The zero-order valence-corrected chi connectivity index (χ0v) is 13.9. The van der Waals surface area contributed by atoms with Gasteiger partial charge in [0.2, 0.25) is 0 Å². The van der Waals surface area contributed by atoms with Gasteiger partial charge in [-0.05, 0) is 73.0 Å². The smallest absolute Gasteiger partial charge is 0.124 e. The molecule has 0 aliphatic heterocycles. The third kappa shape index (κ3) is 3.69. The molecule has 0 saturated heterocycles. The summed E-state index contributed by atoms with van der Waals surface area (Å²) in [6, 6.07) is 7.69. The Kier molecular flexibility index (Phi) is 5.12. The molecule has 0 spiro atoms. The molecule has 1 nitrogen and oxygen atoms in total. The van der Waals surface area contributed by atoms with Gasteiger partial charge >= 0.3 is 0 Å². The van der Waals surface area contributed by atoms with Gasteiger partial charge in [0, 0.05) is 4.47 Å². The summed E-state index contributed by atoms with van der Waals surface area (Å²) in [6.45, 7) is 6.48. The number of aryl methyl sites for hydroxylation is 2. The van der Waals surface area contributed by atoms with E-state index in [1.165, 1.54) is 24.3 Å². The van der Waals surface area contributed by atoms with Gasteiger partial charge in [-0.1, -0.05) is 22.9 Å². The van der Waals surface area contributed by atoms with E-state index in [9.17, 15) is 8.78 Å². The molecule has 0 bridgehead atoms. The first-order valence-corrected chi connectivity index (χ1v) is 7.67. The van der Waals surface area contributed by atoms with Gasteiger partial charge in [-0.3, -0.25) is 0 Å². The van der Waals surface area contributed by atoms with Crippen LogP contribution in [0.4, 0.5) is 8.78 Å². The Morgan fingerprint density at radius 2 is 1.57 bits per heavy atom. The van der Waals surface area contributed by atoms with Crippen LogP contribution in [0.15, 0.2) is 34.8 Å². The molecular weight excluding hydrogens is 336 g/mol. The first-order chi connectivity index (χ1) is 9.92. The second-order valence-electron chi connectivity index (χ2n) is 5.15. The van der Waals surface area contributed by atoms with Crippen molar-refractivity contribution in [1.29, 1.82) is 0 Å². The Labute approximate surface area is 132 Å². The molecule has 112 valence electrons. The molecule has 0 amide bonds. The van der Waals surface area contributed by atoms with E-state index in [0.29, 0.717) is 4.47 Å². The predicted molar refractivity (Wildman–Crippen MR) is 85.5 cm³/mol. The normalized spacial score (nSPS) is 12.5. The first kappa shape index (κ1) is 16.1. The molecule has 2 aromatic rings. The van der Waals surface area contributed by atoms with Crippen LogP contribution in [0.2, 0.25) is 0 Å². The number of benzene rings is 2. The summed E-state index contributed by atoms with van der Waals surface area (Å²) in [7, 11) is 0. The third-order valence-corrected chi connectivity index (χ3v) is 3.93. The fourth-order valence-electron chi connectivity index (χ4n) is 2.71. The van der Waals surface area contributed by atoms with E-state index in [1.807, 2.05) is 26.8 Å². The molecule has 0 aliphatic rings. The Bertz CT molecular complexity index is 612. The van der Waals surface area contributed by atoms with Crippen LogP contribution in [0.1, 0.15) is 35.2 Å². The SMILES string of the molecule is CCNC(c1cc(F)cc(Br)c1)c1c(C)cc(F)cc1C. The van der Waals surface area contributed by atoms with E-state index >= 15 is 0 Å². The van der Waals surface area contributed by atoms with Crippen LogP contribution < -0.4 is 5.32 Å². The van der Waals surface area contributed by atoms with Gasteiger partial charge in [0.25, 0.3) is 0 Å². The molecule has 1 atom stereocenters. The summed E-state index contributed by atoms with van der Waals surface area (Å²) in [5.41, 5.74) is 3.54. The Balaban J connectivity index is 2.58.